The maximum Gasteiger partial charge on any atom is 0.326 e. The van der Waals surface area contributed by atoms with E-state index >= 15 is 0 Å². The van der Waals surface area contributed by atoms with Crippen LogP contribution in [0, 0.1) is 5.82 Å². The average Bonchev–Trinajstić information content (AvgIpc) is 2.49. The van der Waals surface area contributed by atoms with E-state index in [-0.39, 0.29) is 18.1 Å². The van der Waals surface area contributed by atoms with Crippen molar-refractivity contribution in [2.45, 2.75) is 36.6 Å². The summed E-state index contributed by atoms with van der Waals surface area (Å²) in [5.74, 6) is -0.949. The lowest BCUT2D eigenvalue weighted by molar-refractivity contribution is -0.151. The first-order valence-corrected chi connectivity index (χ1v) is 7.98. The molecule has 114 valence electrons. The molecule has 2 rings (SSSR count). The molecule has 1 amide bonds. The van der Waals surface area contributed by atoms with E-state index < -0.39 is 12.0 Å². The van der Waals surface area contributed by atoms with Crippen molar-refractivity contribution < 1.29 is 19.1 Å². The van der Waals surface area contributed by atoms with Gasteiger partial charge in [0.15, 0.2) is 0 Å². The van der Waals surface area contributed by atoms with Gasteiger partial charge in [-0.15, -0.1) is 11.8 Å². The molecule has 1 aromatic carbocycles. The van der Waals surface area contributed by atoms with Gasteiger partial charge in [-0.1, -0.05) is 12.1 Å². The molecule has 0 spiro atoms. The molecule has 1 saturated heterocycles. The molecule has 0 saturated carbocycles. The normalized spacial score (nSPS) is 18.5. The zero-order chi connectivity index (χ0) is 15.2. The van der Waals surface area contributed by atoms with Gasteiger partial charge in [-0.25, -0.2) is 9.18 Å². The fourth-order valence-electron chi connectivity index (χ4n) is 2.44. The maximum absolute atomic E-state index is 13.4. The number of carboxylic acids is 1. The predicted octanol–water partition coefficient (Wildman–Crippen LogP) is 2.77. The number of benzene rings is 1. The van der Waals surface area contributed by atoms with E-state index in [9.17, 15) is 14.0 Å². The second-order valence-electron chi connectivity index (χ2n) is 4.97. The number of piperidine rings is 1. The minimum atomic E-state index is -0.940. The first-order valence-electron chi connectivity index (χ1n) is 6.99. The molecular weight excluding hydrogens is 293 g/mol. The van der Waals surface area contributed by atoms with Crippen molar-refractivity contribution in [3.05, 3.63) is 30.1 Å². The summed E-state index contributed by atoms with van der Waals surface area (Å²) in [7, 11) is 0. The molecule has 0 aromatic heterocycles. The standard InChI is InChI=1S/C15H18FNO3S/c16-11-5-1-2-7-13(11)21-10-8-14(18)17-9-4-3-6-12(17)15(19)20/h1-2,5,7,12H,3-4,6,8-10H2,(H,19,20)/t12-/m1/s1. The Kier molecular flexibility index (Phi) is 5.61. The first-order chi connectivity index (χ1) is 10.1. The molecule has 1 atom stereocenters. The van der Waals surface area contributed by atoms with E-state index in [4.69, 9.17) is 5.11 Å². The van der Waals surface area contributed by atoms with Gasteiger partial charge in [-0.2, -0.15) is 0 Å². The lowest BCUT2D eigenvalue weighted by atomic mass is 10.0. The number of carbonyl (C=O) groups is 2. The van der Waals surface area contributed by atoms with Gasteiger partial charge in [-0.3, -0.25) is 4.79 Å². The molecule has 1 N–H and O–H groups in total. The molecule has 1 fully saturated rings. The number of thioether (sulfide) groups is 1. The summed E-state index contributed by atoms with van der Waals surface area (Å²) < 4.78 is 13.4. The van der Waals surface area contributed by atoms with E-state index in [2.05, 4.69) is 0 Å². The van der Waals surface area contributed by atoms with Crippen LogP contribution in [0.3, 0.4) is 0 Å². The maximum atomic E-state index is 13.4. The van der Waals surface area contributed by atoms with Crippen molar-refractivity contribution >= 4 is 23.6 Å². The fraction of sp³-hybridized carbons (Fsp3) is 0.467. The van der Waals surface area contributed by atoms with Crippen LogP contribution in [0.5, 0.6) is 0 Å². The van der Waals surface area contributed by atoms with E-state index in [1.807, 2.05) is 0 Å². The van der Waals surface area contributed by atoms with Crippen molar-refractivity contribution in [2.24, 2.45) is 0 Å². The van der Waals surface area contributed by atoms with Crippen LogP contribution in [0.25, 0.3) is 0 Å². The minimum Gasteiger partial charge on any atom is -0.480 e. The zero-order valence-electron chi connectivity index (χ0n) is 11.6. The highest BCUT2D eigenvalue weighted by atomic mass is 32.2. The largest absolute Gasteiger partial charge is 0.480 e. The molecule has 4 nitrogen and oxygen atoms in total. The molecular formula is C15H18FNO3S. The Balaban J connectivity index is 1.86. The third-order valence-corrected chi connectivity index (χ3v) is 4.57. The Morgan fingerprint density at radius 3 is 2.81 bits per heavy atom. The van der Waals surface area contributed by atoms with Crippen molar-refractivity contribution in [1.29, 1.82) is 0 Å². The number of hydrogen-bond acceptors (Lipinski definition) is 3. The molecule has 21 heavy (non-hydrogen) atoms. The van der Waals surface area contributed by atoms with Crippen LogP contribution in [0.2, 0.25) is 0 Å². The van der Waals surface area contributed by atoms with Crippen LogP contribution >= 0.6 is 11.8 Å². The van der Waals surface area contributed by atoms with Gasteiger partial charge in [0.1, 0.15) is 11.9 Å². The number of hydrogen-bond donors (Lipinski definition) is 1. The molecule has 1 heterocycles. The number of nitrogens with zero attached hydrogens (tertiary/aromatic N) is 1. The van der Waals surface area contributed by atoms with Gasteiger partial charge < -0.3 is 10.0 Å². The summed E-state index contributed by atoms with van der Waals surface area (Å²) in [6.07, 6.45) is 2.42. The van der Waals surface area contributed by atoms with E-state index in [1.165, 1.54) is 22.7 Å². The monoisotopic (exact) mass is 311 g/mol. The van der Waals surface area contributed by atoms with Crippen LogP contribution in [-0.2, 0) is 9.59 Å². The fourth-order valence-corrected chi connectivity index (χ4v) is 3.32. The van der Waals surface area contributed by atoms with Crippen LogP contribution in [-0.4, -0.2) is 40.2 Å². The summed E-state index contributed by atoms with van der Waals surface area (Å²) in [4.78, 5) is 25.3. The second-order valence-corrected chi connectivity index (χ2v) is 6.10. The van der Waals surface area contributed by atoms with Crippen molar-refractivity contribution in [2.75, 3.05) is 12.3 Å². The van der Waals surface area contributed by atoms with E-state index in [0.717, 1.165) is 12.8 Å². The van der Waals surface area contributed by atoms with Gasteiger partial charge in [0.05, 0.1) is 0 Å². The smallest absolute Gasteiger partial charge is 0.326 e. The molecule has 0 aliphatic carbocycles. The van der Waals surface area contributed by atoms with Gasteiger partial charge in [0.2, 0.25) is 5.91 Å². The number of halogens is 1. The molecule has 0 unspecified atom stereocenters. The summed E-state index contributed by atoms with van der Waals surface area (Å²) in [5, 5.41) is 9.15. The highest BCUT2D eigenvalue weighted by Crippen LogP contribution is 2.23. The highest BCUT2D eigenvalue weighted by molar-refractivity contribution is 7.99. The second kappa shape index (κ2) is 7.45. The Morgan fingerprint density at radius 1 is 1.33 bits per heavy atom. The molecule has 1 aliphatic rings. The van der Waals surface area contributed by atoms with Crippen molar-refractivity contribution in [3.63, 3.8) is 0 Å². The summed E-state index contributed by atoms with van der Waals surface area (Å²) in [5.41, 5.74) is 0. The topological polar surface area (TPSA) is 57.6 Å². The summed E-state index contributed by atoms with van der Waals surface area (Å²) >= 11 is 1.28. The number of rotatable bonds is 5. The first kappa shape index (κ1) is 15.8. The third kappa shape index (κ3) is 4.20. The number of aliphatic carboxylic acids is 1. The van der Waals surface area contributed by atoms with Gasteiger partial charge >= 0.3 is 5.97 Å². The third-order valence-electron chi connectivity index (χ3n) is 3.52. The molecule has 0 bridgehead atoms. The van der Waals surface area contributed by atoms with Crippen LogP contribution in [0.1, 0.15) is 25.7 Å². The number of carboxylic acid groups (broad SMARTS) is 1. The Bertz CT molecular complexity index is 523. The van der Waals surface area contributed by atoms with Gasteiger partial charge in [0.25, 0.3) is 0 Å². The summed E-state index contributed by atoms with van der Waals surface area (Å²) in [6.45, 7) is 0.500. The average molecular weight is 311 g/mol. The molecule has 1 aliphatic heterocycles. The van der Waals surface area contributed by atoms with Crippen LogP contribution < -0.4 is 0 Å². The lowest BCUT2D eigenvalue weighted by Gasteiger charge is -2.33. The minimum absolute atomic E-state index is 0.161. The Morgan fingerprint density at radius 2 is 2.10 bits per heavy atom. The SMILES string of the molecule is O=C(O)[C@H]1CCCCN1C(=O)CCSc1ccccc1F. The Hall–Kier alpha value is -1.56. The predicted molar refractivity (Wildman–Crippen MR) is 78.7 cm³/mol. The number of likely N-dealkylation sites (tertiary alicyclic amines) is 1. The Labute approximate surface area is 127 Å². The molecule has 1 aromatic rings. The van der Waals surface area contributed by atoms with Crippen molar-refractivity contribution in [1.82, 2.24) is 4.90 Å². The van der Waals surface area contributed by atoms with E-state index in [0.29, 0.717) is 23.6 Å². The van der Waals surface area contributed by atoms with Crippen LogP contribution in [0.15, 0.2) is 29.2 Å². The molecule has 0 radical (unpaired) electrons. The van der Waals surface area contributed by atoms with E-state index in [1.54, 1.807) is 18.2 Å². The molecule has 6 heteroatoms. The van der Waals surface area contributed by atoms with Gasteiger partial charge in [-0.05, 0) is 31.4 Å². The lowest BCUT2D eigenvalue weighted by Crippen LogP contribution is -2.48. The van der Waals surface area contributed by atoms with Crippen molar-refractivity contribution in [3.8, 4) is 0 Å². The van der Waals surface area contributed by atoms with Crippen LogP contribution in [0.4, 0.5) is 4.39 Å². The quantitative estimate of drug-likeness (QED) is 0.850. The number of amides is 1. The zero-order valence-corrected chi connectivity index (χ0v) is 12.4. The van der Waals surface area contributed by atoms with Gasteiger partial charge in [0, 0.05) is 23.6 Å². The summed E-state index contributed by atoms with van der Waals surface area (Å²) in [6, 6.07) is 5.72. The highest BCUT2D eigenvalue weighted by Gasteiger charge is 2.31. The number of carbonyl (C=O) groups excluding carboxylic acids is 1.